The van der Waals surface area contributed by atoms with Gasteiger partial charge in [0, 0.05) is 24.4 Å². The smallest absolute Gasteiger partial charge is 0.335 e. The van der Waals surface area contributed by atoms with Crippen molar-refractivity contribution in [1.29, 1.82) is 0 Å². The van der Waals surface area contributed by atoms with E-state index in [1.54, 1.807) is 18.4 Å². The van der Waals surface area contributed by atoms with E-state index in [2.05, 4.69) is 0 Å². The number of hydrogen-bond donors (Lipinski definition) is 1. The summed E-state index contributed by atoms with van der Waals surface area (Å²) in [5.74, 6) is -3.09. The fraction of sp³-hybridized carbons (Fsp3) is 0.267. The molecule has 1 heterocycles. The molecule has 1 aromatic carbocycles. The van der Waals surface area contributed by atoms with Crippen LogP contribution in [-0.2, 0) is 6.42 Å². The first kappa shape index (κ1) is 15.4. The van der Waals surface area contributed by atoms with Gasteiger partial charge in [0.15, 0.2) is 0 Å². The number of carboxylic acids is 1. The number of benzene rings is 1. The lowest BCUT2D eigenvalue weighted by molar-refractivity contribution is 0.0696. The summed E-state index contributed by atoms with van der Waals surface area (Å²) in [5.41, 5.74) is -0.600. The number of rotatable bonds is 5. The van der Waals surface area contributed by atoms with Crippen molar-refractivity contribution in [2.24, 2.45) is 0 Å². The maximum Gasteiger partial charge on any atom is 0.335 e. The molecule has 0 saturated carbocycles. The Morgan fingerprint density at radius 1 is 1.38 bits per heavy atom. The lowest BCUT2D eigenvalue weighted by Gasteiger charge is -2.27. The number of anilines is 1. The highest BCUT2D eigenvalue weighted by molar-refractivity contribution is 7.09. The zero-order valence-electron chi connectivity index (χ0n) is 11.6. The number of carbonyl (C=O) groups is 1. The second kappa shape index (κ2) is 6.22. The van der Waals surface area contributed by atoms with Gasteiger partial charge in [-0.1, -0.05) is 6.07 Å². The zero-order chi connectivity index (χ0) is 15.6. The summed E-state index contributed by atoms with van der Waals surface area (Å²) in [6, 6.07) is 5.46. The van der Waals surface area contributed by atoms with Crippen LogP contribution in [0.3, 0.4) is 0 Å². The van der Waals surface area contributed by atoms with Gasteiger partial charge in [-0.15, -0.1) is 11.3 Å². The minimum absolute atomic E-state index is 0.122. The minimum atomic E-state index is -1.35. The lowest BCUT2D eigenvalue weighted by Crippen LogP contribution is -2.32. The van der Waals surface area contributed by atoms with Crippen LogP contribution in [0.5, 0.6) is 0 Å². The minimum Gasteiger partial charge on any atom is -0.478 e. The molecule has 3 nitrogen and oxygen atoms in total. The average Bonchev–Trinajstić information content (AvgIpc) is 2.90. The van der Waals surface area contributed by atoms with Crippen molar-refractivity contribution in [2.75, 3.05) is 11.9 Å². The number of nitrogens with zero attached hydrogens (tertiary/aromatic N) is 1. The molecule has 1 atom stereocenters. The van der Waals surface area contributed by atoms with Gasteiger partial charge in [-0.25, -0.2) is 13.6 Å². The van der Waals surface area contributed by atoms with Crippen molar-refractivity contribution in [3.63, 3.8) is 0 Å². The quantitative estimate of drug-likeness (QED) is 0.913. The molecule has 1 unspecified atom stereocenters. The summed E-state index contributed by atoms with van der Waals surface area (Å²) in [5, 5.41) is 10.7. The van der Waals surface area contributed by atoms with Crippen LogP contribution in [0, 0.1) is 11.6 Å². The van der Waals surface area contributed by atoms with E-state index in [4.69, 9.17) is 5.11 Å². The maximum atomic E-state index is 14.0. The maximum absolute atomic E-state index is 14.0. The Labute approximate surface area is 125 Å². The highest BCUT2D eigenvalue weighted by atomic mass is 32.1. The predicted octanol–water partition coefficient (Wildman–Crippen LogP) is 3.79. The Morgan fingerprint density at radius 2 is 2.00 bits per heavy atom. The van der Waals surface area contributed by atoms with E-state index >= 15 is 0 Å². The Balaban J connectivity index is 2.26. The molecule has 0 bridgehead atoms. The first-order valence-electron chi connectivity index (χ1n) is 6.37. The Morgan fingerprint density at radius 3 is 2.48 bits per heavy atom. The van der Waals surface area contributed by atoms with E-state index in [1.807, 2.05) is 24.4 Å². The van der Waals surface area contributed by atoms with Crippen molar-refractivity contribution >= 4 is 23.0 Å². The van der Waals surface area contributed by atoms with Gasteiger partial charge in [0.25, 0.3) is 0 Å². The lowest BCUT2D eigenvalue weighted by atomic mass is 10.1. The molecule has 0 radical (unpaired) electrons. The molecule has 0 aliphatic heterocycles. The number of halogens is 2. The third kappa shape index (κ3) is 3.39. The SMILES string of the molecule is CC(Cc1cccs1)N(C)c1c(F)cc(C(=O)O)cc1F. The molecule has 0 aliphatic rings. The van der Waals surface area contributed by atoms with Crippen molar-refractivity contribution in [2.45, 2.75) is 19.4 Å². The third-order valence-corrected chi connectivity index (χ3v) is 4.25. The normalized spacial score (nSPS) is 12.2. The molecule has 0 amide bonds. The molecule has 0 spiro atoms. The monoisotopic (exact) mass is 311 g/mol. The standard InChI is InChI=1S/C15H15F2NO2S/c1-9(6-11-4-3-5-21-11)18(2)14-12(16)7-10(15(19)20)8-13(14)17/h3-5,7-9H,6H2,1-2H3,(H,19,20). The van der Waals surface area contributed by atoms with Crippen LogP contribution >= 0.6 is 11.3 Å². The van der Waals surface area contributed by atoms with Crippen LogP contribution < -0.4 is 4.90 Å². The summed E-state index contributed by atoms with van der Waals surface area (Å²) < 4.78 is 28.0. The first-order chi connectivity index (χ1) is 9.90. The number of carboxylic acid groups (broad SMARTS) is 1. The first-order valence-corrected chi connectivity index (χ1v) is 7.25. The summed E-state index contributed by atoms with van der Waals surface area (Å²) in [6.45, 7) is 1.86. The van der Waals surface area contributed by atoms with Gasteiger partial charge in [-0.05, 0) is 30.5 Å². The van der Waals surface area contributed by atoms with Crippen LogP contribution in [-0.4, -0.2) is 24.2 Å². The van der Waals surface area contributed by atoms with Gasteiger partial charge in [0.05, 0.1) is 5.56 Å². The van der Waals surface area contributed by atoms with Gasteiger partial charge in [-0.2, -0.15) is 0 Å². The largest absolute Gasteiger partial charge is 0.478 e. The van der Waals surface area contributed by atoms with Crippen molar-refractivity contribution in [3.05, 3.63) is 51.7 Å². The number of thiophene rings is 1. The van der Waals surface area contributed by atoms with Crippen LogP contribution in [0.1, 0.15) is 22.2 Å². The molecular formula is C15H15F2NO2S. The van der Waals surface area contributed by atoms with Crippen molar-refractivity contribution in [3.8, 4) is 0 Å². The average molecular weight is 311 g/mol. The zero-order valence-corrected chi connectivity index (χ0v) is 12.5. The van der Waals surface area contributed by atoms with E-state index in [0.717, 1.165) is 17.0 Å². The Bertz CT molecular complexity index is 620. The molecule has 0 saturated heterocycles. The Hall–Kier alpha value is -1.95. The Kier molecular flexibility index (Phi) is 4.57. The van der Waals surface area contributed by atoms with Crippen LogP contribution in [0.15, 0.2) is 29.6 Å². The van der Waals surface area contributed by atoms with Gasteiger partial charge >= 0.3 is 5.97 Å². The summed E-state index contributed by atoms with van der Waals surface area (Å²) >= 11 is 1.59. The highest BCUT2D eigenvalue weighted by Crippen LogP contribution is 2.27. The van der Waals surface area contributed by atoms with Crippen LogP contribution in [0.25, 0.3) is 0 Å². The summed E-state index contributed by atoms with van der Waals surface area (Å²) in [4.78, 5) is 13.4. The van der Waals surface area contributed by atoms with E-state index in [-0.39, 0.29) is 11.7 Å². The molecular weight excluding hydrogens is 296 g/mol. The molecule has 1 aromatic heterocycles. The molecule has 0 fully saturated rings. The number of aromatic carboxylic acids is 1. The molecule has 112 valence electrons. The second-order valence-electron chi connectivity index (χ2n) is 4.84. The number of hydrogen-bond acceptors (Lipinski definition) is 3. The van der Waals surface area contributed by atoms with Crippen molar-refractivity contribution < 1.29 is 18.7 Å². The topological polar surface area (TPSA) is 40.5 Å². The van der Waals surface area contributed by atoms with Crippen LogP contribution in [0.4, 0.5) is 14.5 Å². The fourth-order valence-electron chi connectivity index (χ4n) is 2.10. The molecule has 6 heteroatoms. The predicted molar refractivity (Wildman–Crippen MR) is 79.2 cm³/mol. The molecule has 1 N–H and O–H groups in total. The third-order valence-electron chi connectivity index (χ3n) is 3.35. The van der Waals surface area contributed by atoms with E-state index in [1.165, 1.54) is 4.90 Å². The van der Waals surface area contributed by atoms with E-state index < -0.39 is 23.2 Å². The van der Waals surface area contributed by atoms with Gasteiger partial charge in [0.1, 0.15) is 17.3 Å². The molecule has 2 aromatic rings. The highest BCUT2D eigenvalue weighted by Gasteiger charge is 2.21. The van der Waals surface area contributed by atoms with Gasteiger partial charge in [0.2, 0.25) is 0 Å². The molecule has 2 rings (SSSR count). The fourth-order valence-corrected chi connectivity index (χ4v) is 2.93. The summed E-state index contributed by atoms with van der Waals surface area (Å²) in [6.07, 6.45) is 0.660. The van der Waals surface area contributed by atoms with Crippen molar-refractivity contribution in [1.82, 2.24) is 0 Å². The molecule has 21 heavy (non-hydrogen) atoms. The van der Waals surface area contributed by atoms with Gasteiger partial charge < -0.3 is 10.0 Å². The van der Waals surface area contributed by atoms with E-state index in [9.17, 15) is 13.6 Å². The van der Waals surface area contributed by atoms with E-state index in [0.29, 0.717) is 6.42 Å². The van der Waals surface area contributed by atoms with Gasteiger partial charge in [-0.3, -0.25) is 0 Å². The second-order valence-corrected chi connectivity index (χ2v) is 5.87. The summed E-state index contributed by atoms with van der Waals surface area (Å²) in [7, 11) is 1.60. The van der Waals surface area contributed by atoms with Crippen LogP contribution in [0.2, 0.25) is 0 Å². The number of likely N-dealkylation sites (N-methyl/N-ethyl adjacent to an activating group) is 1. The molecule has 0 aliphatic carbocycles.